The van der Waals surface area contributed by atoms with Gasteiger partial charge in [-0.25, -0.2) is 9.38 Å². The number of nitrogens with one attached hydrogen (secondary N) is 3. The molecular weight excluding hydrogens is 398 g/mol. The molecule has 0 saturated carbocycles. The standard InChI is InChI=1S/C15H23FN4O.HI/c1-3-8-18-14(21)11-20-15(17-4-2)19-10-12-6-5-7-13(16)9-12;/h5-7,9H,3-4,8,10-11H2,1-2H3,(H,18,21)(H2,17,19,20);1H. The van der Waals surface area contributed by atoms with E-state index in [0.29, 0.717) is 25.6 Å². The maximum atomic E-state index is 13.1. The molecule has 0 aliphatic carbocycles. The first-order valence-electron chi connectivity index (χ1n) is 7.19. The van der Waals surface area contributed by atoms with Crippen molar-refractivity contribution in [2.75, 3.05) is 19.6 Å². The maximum Gasteiger partial charge on any atom is 0.239 e. The smallest absolute Gasteiger partial charge is 0.239 e. The van der Waals surface area contributed by atoms with Crippen molar-refractivity contribution in [1.82, 2.24) is 16.0 Å². The second kappa shape index (κ2) is 12.2. The van der Waals surface area contributed by atoms with Crippen LogP contribution in [-0.4, -0.2) is 31.5 Å². The van der Waals surface area contributed by atoms with Crippen LogP contribution < -0.4 is 16.0 Å². The molecule has 7 heteroatoms. The first kappa shape index (κ1) is 20.6. The Morgan fingerprint density at radius 2 is 2.00 bits per heavy atom. The molecule has 1 rings (SSSR count). The number of halogens is 2. The summed E-state index contributed by atoms with van der Waals surface area (Å²) in [6.45, 7) is 5.80. The molecule has 0 heterocycles. The van der Waals surface area contributed by atoms with Gasteiger partial charge >= 0.3 is 0 Å². The summed E-state index contributed by atoms with van der Waals surface area (Å²) in [6.07, 6.45) is 0.902. The fourth-order valence-corrected chi connectivity index (χ4v) is 1.64. The van der Waals surface area contributed by atoms with Gasteiger partial charge in [-0.2, -0.15) is 0 Å². The number of carbonyl (C=O) groups is 1. The van der Waals surface area contributed by atoms with Gasteiger partial charge in [-0.1, -0.05) is 19.1 Å². The first-order chi connectivity index (χ1) is 10.2. The Morgan fingerprint density at radius 3 is 2.64 bits per heavy atom. The monoisotopic (exact) mass is 422 g/mol. The third-order valence-electron chi connectivity index (χ3n) is 2.64. The highest BCUT2D eigenvalue weighted by Crippen LogP contribution is 2.04. The largest absolute Gasteiger partial charge is 0.357 e. The van der Waals surface area contributed by atoms with Crippen LogP contribution in [0, 0.1) is 5.82 Å². The Bertz CT molecular complexity index is 482. The van der Waals surface area contributed by atoms with Gasteiger partial charge in [-0.3, -0.25) is 4.79 Å². The molecule has 0 spiro atoms. The van der Waals surface area contributed by atoms with E-state index in [2.05, 4.69) is 20.9 Å². The number of amides is 1. The molecule has 0 unspecified atom stereocenters. The molecule has 0 bridgehead atoms. The third-order valence-corrected chi connectivity index (χ3v) is 2.64. The van der Waals surface area contributed by atoms with Gasteiger partial charge in [-0.15, -0.1) is 24.0 Å². The predicted molar refractivity (Wildman–Crippen MR) is 97.9 cm³/mol. The third kappa shape index (κ3) is 8.81. The first-order valence-corrected chi connectivity index (χ1v) is 7.19. The van der Waals surface area contributed by atoms with Crippen molar-refractivity contribution in [3.05, 3.63) is 35.6 Å². The number of benzene rings is 1. The fourth-order valence-electron chi connectivity index (χ4n) is 1.64. The van der Waals surface area contributed by atoms with E-state index in [-0.39, 0.29) is 42.2 Å². The van der Waals surface area contributed by atoms with E-state index in [9.17, 15) is 9.18 Å². The van der Waals surface area contributed by atoms with E-state index >= 15 is 0 Å². The van der Waals surface area contributed by atoms with E-state index in [1.54, 1.807) is 6.07 Å². The van der Waals surface area contributed by atoms with Crippen molar-refractivity contribution in [1.29, 1.82) is 0 Å². The molecule has 0 radical (unpaired) electrons. The highest BCUT2D eigenvalue weighted by molar-refractivity contribution is 14.0. The van der Waals surface area contributed by atoms with E-state index in [1.165, 1.54) is 12.1 Å². The number of hydrogen-bond donors (Lipinski definition) is 3. The lowest BCUT2D eigenvalue weighted by atomic mass is 10.2. The summed E-state index contributed by atoms with van der Waals surface area (Å²) in [7, 11) is 0. The number of guanidine groups is 1. The lowest BCUT2D eigenvalue weighted by Crippen LogP contribution is -2.43. The van der Waals surface area contributed by atoms with Gasteiger partial charge in [0.25, 0.3) is 0 Å². The summed E-state index contributed by atoms with van der Waals surface area (Å²) in [5, 5.41) is 8.77. The van der Waals surface area contributed by atoms with Crippen molar-refractivity contribution in [3.8, 4) is 0 Å². The molecule has 0 saturated heterocycles. The molecule has 0 fully saturated rings. The van der Waals surface area contributed by atoms with Crippen LogP contribution in [0.3, 0.4) is 0 Å². The lowest BCUT2D eigenvalue weighted by molar-refractivity contribution is -0.120. The van der Waals surface area contributed by atoms with Crippen LogP contribution in [-0.2, 0) is 11.3 Å². The number of nitrogens with zero attached hydrogens (tertiary/aromatic N) is 1. The average molecular weight is 422 g/mol. The molecule has 0 aromatic heterocycles. The fraction of sp³-hybridized carbons (Fsp3) is 0.467. The Balaban J connectivity index is 0.00000441. The maximum absolute atomic E-state index is 13.1. The zero-order valence-electron chi connectivity index (χ0n) is 13.0. The summed E-state index contributed by atoms with van der Waals surface area (Å²) >= 11 is 0. The van der Waals surface area contributed by atoms with Crippen molar-refractivity contribution in [3.63, 3.8) is 0 Å². The predicted octanol–water partition coefficient (Wildman–Crippen LogP) is 2.02. The van der Waals surface area contributed by atoms with Crippen LogP contribution in [0.4, 0.5) is 4.39 Å². The van der Waals surface area contributed by atoms with Gasteiger partial charge < -0.3 is 16.0 Å². The number of rotatable bonds is 7. The summed E-state index contributed by atoms with van der Waals surface area (Å²) in [5.74, 6) is 0.182. The van der Waals surface area contributed by atoms with Crippen LogP contribution in [0.15, 0.2) is 29.3 Å². The molecular formula is C15H24FIN4O. The average Bonchev–Trinajstić information content (AvgIpc) is 2.48. The molecule has 1 aromatic carbocycles. The molecule has 3 N–H and O–H groups in total. The Morgan fingerprint density at radius 1 is 1.23 bits per heavy atom. The van der Waals surface area contributed by atoms with Gasteiger partial charge in [0.1, 0.15) is 5.82 Å². The van der Waals surface area contributed by atoms with Gasteiger partial charge in [0.05, 0.1) is 13.1 Å². The Labute approximate surface area is 148 Å². The van der Waals surface area contributed by atoms with Gasteiger partial charge in [0, 0.05) is 13.1 Å². The van der Waals surface area contributed by atoms with Gasteiger partial charge in [0.15, 0.2) is 5.96 Å². The minimum atomic E-state index is -0.278. The highest BCUT2D eigenvalue weighted by Gasteiger charge is 2.02. The van der Waals surface area contributed by atoms with E-state index < -0.39 is 0 Å². The quantitative estimate of drug-likeness (QED) is 0.358. The molecule has 1 amide bonds. The van der Waals surface area contributed by atoms with Crippen LogP contribution in [0.5, 0.6) is 0 Å². The normalized spacial score (nSPS) is 10.6. The number of hydrogen-bond acceptors (Lipinski definition) is 2. The highest BCUT2D eigenvalue weighted by atomic mass is 127. The van der Waals surface area contributed by atoms with Crippen molar-refractivity contribution in [2.45, 2.75) is 26.8 Å². The Kier molecular flexibility index (Phi) is 11.4. The minimum Gasteiger partial charge on any atom is -0.357 e. The molecule has 124 valence electrons. The van der Waals surface area contributed by atoms with Gasteiger partial charge in [-0.05, 0) is 31.0 Å². The van der Waals surface area contributed by atoms with Crippen LogP contribution >= 0.6 is 24.0 Å². The molecule has 0 aliphatic rings. The van der Waals surface area contributed by atoms with Crippen LogP contribution in [0.2, 0.25) is 0 Å². The summed E-state index contributed by atoms with van der Waals surface area (Å²) in [4.78, 5) is 15.8. The SMILES string of the molecule is CCCNC(=O)CNC(=NCc1cccc(F)c1)NCC.I. The molecule has 0 atom stereocenters. The van der Waals surface area contributed by atoms with Crippen molar-refractivity contribution >= 4 is 35.8 Å². The van der Waals surface area contributed by atoms with E-state index in [1.807, 2.05) is 19.9 Å². The van der Waals surface area contributed by atoms with Crippen LogP contribution in [0.25, 0.3) is 0 Å². The molecule has 22 heavy (non-hydrogen) atoms. The lowest BCUT2D eigenvalue weighted by Gasteiger charge is -2.11. The van der Waals surface area contributed by atoms with Crippen LogP contribution in [0.1, 0.15) is 25.8 Å². The zero-order chi connectivity index (χ0) is 15.5. The zero-order valence-corrected chi connectivity index (χ0v) is 15.3. The molecule has 0 aliphatic heterocycles. The van der Waals surface area contributed by atoms with E-state index in [4.69, 9.17) is 0 Å². The number of carbonyl (C=O) groups excluding carboxylic acids is 1. The van der Waals surface area contributed by atoms with Gasteiger partial charge in [0.2, 0.25) is 5.91 Å². The summed E-state index contributed by atoms with van der Waals surface area (Å²) in [6, 6.07) is 6.30. The summed E-state index contributed by atoms with van der Waals surface area (Å²) in [5.41, 5.74) is 0.780. The summed E-state index contributed by atoms with van der Waals surface area (Å²) < 4.78 is 13.1. The second-order valence-electron chi connectivity index (χ2n) is 4.53. The topological polar surface area (TPSA) is 65.5 Å². The van der Waals surface area contributed by atoms with Crippen molar-refractivity contribution in [2.24, 2.45) is 4.99 Å². The second-order valence-corrected chi connectivity index (χ2v) is 4.53. The Hall–Kier alpha value is -1.38. The minimum absolute atomic E-state index is 0. The number of aliphatic imine (C=N–C) groups is 1. The van der Waals surface area contributed by atoms with Crippen molar-refractivity contribution < 1.29 is 9.18 Å². The molecule has 5 nitrogen and oxygen atoms in total. The molecule has 1 aromatic rings. The van der Waals surface area contributed by atoms with E-state index in [0.717, 1.165) is 12.0 Å².